The second-order valence-corrected chi connectivity index (χ2v) is 6.47. The summed E-state index contributed by atoms with van der Waals surface area (Å²) in [5, 5.41) is 2.95. The minimum atomic E-state index is -0.534. The van der Waals surface area contributed by atoms with Gasteiger partial charge in [-0.1, -0.05) is 48.5 Å². The van der Waals surface area contributed by atoms with Crippen molar-refractivity contribution >= 4 is 11.8 Å². The summed E-state index contributed by atoms with van der Waals surface area (Å²) in [6.45, 7) is 1.57. The lowest BCUT2D eigenvalue weighted by Crippen LogP contribution is -2.51. The van der Waals surface area contributed by atoms with Crippen molar-refractivity contribution in [2.24, 2.45) is 0 Å². The van der Waals surface area contributed by atoms with Crippen LogP contribution in [0.5, 0.6) is 0 Å². The van der Waals surface area contributed by atoms with Crippen molar-refractivity contribution in [2.45, 2.75) is 31.7 Å². The highest BCUT2D eigenvalue weighted by atomic mass is 16.2. The highest BCUT2D eigenvalue weighted by molar-refractivity contribution is 5.97. The summed E-state index contributed by atoms with van der Waals surface area (Å²) in [5.41, 5.74) is 1.62. The molecule has 1 aliphatic rings. The quantitative estimate of drug-likeness (QED) is 0.912. The monoisotopic (exact) mass is 336 g/mol. The zero-order valence-electron chi connectivity index (χ0n) is 14.4. The van der Waals surface area contributed by atoms with Gasteiger partial charge in [0, 0.05) is 25.1 Å². The van der Waals surface area contributed by atoms with E-state index in [1.165, 1.54) is 6.42 Å². The predicted octanol–water partition coefficient (Wildman–Crippen LogP) is 3.04. The topological polar surface area (TPSA) is 49.4 Å². The Labute approximate surface area is 148 Å². The minimum Gasteiger partial charge on any atom is -0.341 e. The molecule has 0 bridgehead atoms. The van der Waals surface area contributed by atoms with Gasteiger partial charge >= 0.3 is 0 Å². The number of nitrogens with one attached hydrogen (secondary N) is 1. The van der Waals surface area contributed by atoms with Crippen LogP contribution in [-0.2, 0) is 11.2 Å². The van der Waals surface area contributed by atoms with Crippen molar-refractivity contribution in [3.8, 4) is 0 Å². The number of nitrogens with zero attached hydrogens (tertiary/aromatic N) is 1. The van der Waals surface area contributed by atoms with Crippen molar-refractivity contribution in [2.75, 3.05) is 13.1 Å². The molecule has 1 heterocycles. The lowest BCUT2D eigenvalue weighted by atomic mass is 10.0. The van der Waals surface area contributed by atoms with Crippen LogP contribution in [0.3, 0.4) is 0 Å². The number of hydrogen-bond acceptors (Lipinski definition) is 2. The number of piperidine rings is 1. The van der Waals surface area contributed by atoms with Gasteiger partial charge in [0.1, 0.15) is 6.04 Å². The molecule has 4 heteroatoms. The molecule has 0 aromatic heterocycles. The standard InChI is InChI=1S/C21H24N2O2/c24-20(18-12-6-2-7-13-18)22-19(16-17-10-4-1-5-11-17)21(25)23-14-8-3-9-15-23/h1-2,4-7,10-13,19H,3,8-9,14-16H2,(H,22,24)/t19-/m1/s1. The van der Waals surface area contributed by atoms with Crippen LogP contribution in [-0.4, -0.2) is 35.8 Å². The van der Waals surface area contributed by atoms with E-state index < -0.39 is 6.04 Å². The van der Waals surface area contributed by atoms with Crippen LogP contribution in [0.4, 0.5) is 0 Å². The molecule has 2 amide bonds. The van der Waals surface area contributed by atoms with Gasteiger partial charge < -0.3 is 10.2 Å². The number of amides is 2. The molecule has 0 aliphatic carbocycles. The Kier molecular flexibility index (Phi) is 5.83. The van der Waals surface area contributed by atoms with Crippen molar-refractivity contribution in [1.29, 1.82) is 0 Å². The molecular formula is C21H24N2O2. The molecule has 0 radical (unpaired) electrons. The summed E-state index contributed by atoms with van der Waals surface area (Å²) in [6.07, 6.45) is 3.76. The van der Waals surface area contributed by atoms with E-state index in [0.717, 1.165) is 31.5 Å². The molecule has 1 aliphatic heterocycles. The summed E-state index contributed by atoms with van der Waals surface area (Å²) < 4.78 is 0. The molecule has 4 nitrogen and oxygen atoms in total. The van der Waals surface area contributed by atoms with Crippen LogP contribution < -0.4 is 5.32 Å². The smallest absolute Gasteiger partial charge is 0.251 e. The van der Waals surface area contributed by atoms with E-state index >= 15 is 0 Å². The van der Waals surface area contributed by atoms with E-state index in [9.17, 15) is 9.59 Å². The summed E-state index contributed by atoms with van der Waals surface area (Å²) in [5.74, 6) is -0.181. The second kappa shape index (κ2) is 8.47. The molecule has 0 spiro atoms. The van der Waals surface area contributed by atoms with Crippen molar-refractivity contribution < 1.29 is 9.59 Å². The molecule has 25 heavy (non-hydrogen) atoms. The van der Waals surface area contributed by atoms with E-state index in [1.54, 1.807) is 12.1 Å². The number of carbonyl (C=O) groups excluding carboxylic acids is 2. The van der Waals surface area contributed by atoms with Crippen molar-refractivity contribution in [3.05, 3.63) is 71.8 Å². The van der Waals surface area contributed by atoms with Gasteiger partial charge in [-0.3, -0.25) is 9.59 Å². The average molecular weight is 336 g/mol. The highest BCUT2D eigenvalue weighted by Crippen LogP contribution is 2.13. The summed E-state index contributed by atoms with van der Waals surface area (Å²) >= 11 is 0. The molecule has 1 saturated heterocycles. The number of rotatable bonds is 5. The maximum Gasteiger partial charge on any atom is 0.251 e. The Bertz CT molecular complexity index is 694. The molecule has 0 unspecified atom stereocenters. The van der Waals surface area contributed by atoms with E-state index in [2.05, 4.69) is 5.32 Å². The van der Waals surface area contributed by atoms with Gasteiger partial charge in [0.15, 0.2) is 0 Å². The van der Waals surface area contributed by atoms with Gasteiger partial charge in [-0.25, -0.2) is 0 Å². The first kappa shape index (κ1) is 17.2. The lowest BCUT2D eigenvalue weighted by Gasteiger charge is -2.31. The summed E-state index contributed by atoms with van der Waals surface area (Å²) in [7, 11) is 0. The first-order valence-electron chi connectivity index (χ1n) is 8.92. The fourth-order valence-electron chi connectivity index (χ4n) is 3.22. The zero-order valence-corrected chi connectivity index (χ0v) is 14.4. The fraction of sp³-hybridized carbons (Fsp3) is 0.333. The van der Waals surface area contributed by atoms with E-state index in [0.29, 0.717) is 12.0 Å². The van der Waals surface area contributed by atoms with Gasteiger partial charge in [-0.2, -0.15) is 0 Å². The Morgan fingerprint density at radius 1 is 0.880 bits per heavy atom. The molecule has 3 rings (SSSR count). The van der Waals surface area contributed by atoms with Gasteiger partial charge in [0.2, 0.25) is 5.91 Å². The molecule has 1 atom stereocenters. The van der Waals surface area contributed by atoms with E-state index in [4.69, 9.17) is 0 Å². The molecule has 1 N–H and O–H groups in total. The summed E-state index contributed by atoms with van der Waals surface area (Å²) in [6, 6.07) is 18.4. The third-order valence-corrected chi connectivity index (χ3v) is 4.59. The Morgan fingerprint density at radius 3 is 2.12 bits per heavy atom. The van der Waals surface area contributed by atoms with E-state index in [1.807, 2.05) is 53.4 Å². The van der Waals surface area contributed by atoms with Crippen LogP contribution in [0.15, 0.2) is 60.7 Å². The predicted molar refractivity (Wildman–Crippen MR) is 98.3 cm³/mol. The lowest BCUT2D eigenvalue weighted by molar-refractivity contribution is -0.134. The first-order valence-corrected chi connectivity index (χ1v) is 8.92. The molecule has 2 aromatic rings. The minimum absolute atomic E-state index is 0.0211. The number of benzene rings is 2. The molecule has 1 fully saturated rings. The maximum absolute atomic E-state index is 13.0. The molecule has 2 aromatic carbocycles. The SMILES string of the molecule is O=C(N[C@H](Cc1ccccc1)C(=O)N1CCCCC1)c1ccccc1. The third-order valence-electron chi connectivity index (χ3n) is 4.59. The first-order chi connectivity index (χ1) is 12.2. The maximum atomic E-state index is 13.0. The average Bonchev–Trinajstić information content (AvgIpc) is 2.69. The van der Waals surface area contributed by atoms with Crippen LogP contribution in [0.25, 0.3) is 0 Å². The Morgan fingerprint density at radius 2 is 1.48 bits per heavy atom. The Balaban J connectivity index is 1.75. The van der Waals surface area contributed by atoms with Crippen molar-refractivity contribution in [1.82, 2.24) is 10.2 Å². The Hall–Kier alpha value is -2.62. The third kappa shape index (κ3) is 4.69. The molecule has 0 saturated carbocycles. The van der Waals surface area contributed by atoms with Crippen molar-refractivity contribution in [3.63, 3.8) is 0 Å². The van der Waals surface area contributed by atoms with E-state index in [-0.39, 0.29) is 11.8 Å². The largest absolute Gasteiger partial charge is 0.341 e. The van der Waals surface area contributed by atoms with Gasteiger partial charge in [-0.05, 0) is 37.0 Å². The highest BCUT2D eigenvalue weighted by Gasteiger charge is 2.27. The zero-order chi connectivity index (χ0) is 17.5. The summed E-state index contributed by atoms with van der Waals surface area (Å²) in [4.78, 5) is 27.4. The van der Waals surface area contributed by atoms with Crippen LogP contribution in [0, 0.1) is 0 Å². The molecule has 130 valence electrons. The number of likely N-dealkylation sites (tertiary alicyclic amines) is 1. The number of hydrogen-bond donors (Lipinski definition) is 1. The van der Waals surface area contributed by atoms with Crippen LogP contribution >= 0.6 is 0 Å². The van der Waals surface area contributed by atoms with Crippen LogP contribution in [0.1, 0.15) is 35.2 Å². The van der Waals surface area contributed by atoms with Gasteiger partial charge in [-0.15, -0.1) is 0 Å². The molecular weight excluding hydrogens is 312 g/mol. The normalized spacial score (nSPS) is 15.4. The number of carbonyl (C=O) groups is 2. The fourth-order valence-corrected chi connectivity index (χ4v) is 3.22. The van der Waals surface area contributed by atoms with Gasteiger partial charge in [0.25, 0.3) is 5.91 Å². The van der Waals surface area contributed by atoms with Crippen LogP contribution in [0.2, 0.25) is 0 Å². The second-order valence-electron chi connectivity index (χ2n) is 6.47. The van der Waals surface area contributed by atoms with Gasteiger partial charge in [0.05, 0.1) is 0 Å².